The van der Waals surface area contributed by atoms with Gasteiger partial charge in [-0.05, 0) is 18.6 Å². The van der Waals surface area contributed by atoms with Gasteiger partial charge in [0.05, 0.1) is 6.61 Å². The predicted octanol–water partition coefficient (Wildman–Crippen LogP) is 1.16. The summed E-state index contributed by atoms with van der Waals surface area (Å²) in [6, 6.07) is 7.34. The van der Waals surface area contributed by atoms with Crippen molar-refractivity contribution in [2.45, 2.75) is 13.3 Å². The van der Waals surface area contributed by atoms with Crippen molar-refractivity contribution in [1.29, 1.82) is 5.26 Å². The van der Waals surface area contributed by atoms with Crippen LogP contribution in [0.25, 0.3) is 0 Å². The topological polar surface area (TPSA) is 60.1 Å². The molecule has 1 aromatic heterocycles. The van der Waals surface area contributed by atoms with Gasteiger partial charge in [0.1, 0.15) is 17.6 Å². The Morgan fingerprint density at radius 3 is 2.87 bits per heavy atom. The summed E-state index contributed by atoms with van der Waals surface area (Å²) in [6.45, 7) is 3.55. The molecule has 1 N–H and O–H groups in total. The van der Waals surface area contributed by atoms with E-state index in [1.807, 2.05) is 17.0 Å². The van der Waals surface area contributed by atoms with E-state index < -0.39 is 0 Å². The van der Waals surface area contributed by atoms with Crippen molar-refractivity contribution in [2.24, 2.45) is 0 Å². The van der Waals surface area contributed by atoms with Gasteiger partial charge in [0, 0.05) is 13.1 Å². The van der Waals surface area contributed by atoms with Crippen LogP contribution in [-0.4, -0.2) is 29.8 Å². The quantitative estimate of drug-likeness (QED) is 0.783. The first-order valence-electron chi connectivity index (χ1n) is 5.04. The molecule has 80 valence electrons. The highest BCUT2D eigenvalue weighted by Crippen LogP contribution is 2.11. The third-order valence-corrected chi connectivity index (χ3v) is 2.04. The van der Waals surface area contributed by atoms with Gasteiger partial charge in [-0.25, -0.2) is 4.98 Å². The lowest BCUT2D eigenvalue weighted by Crippen LogP contribution is -2.28. The van der Waals surface area contributed by atoms with Crippen molar-refractivity contribution in [3.05, 3.63) is 23.9 Å². The van der Waals surface area contributed by atoms with E-state index >= 15 is 0 Å². The SMILES string of the molecule is CCCN(CCO)c1cccc(C#N)n1. The lowest BCUT2D eigenvalue weighted by Gasteiger charge is -2.21. The van der Waals surface area contributed by atoms with E-state index in [4.69, 9.17) is 10.4 Å². The Kier molecular flexibility index (Phi) is 4.58. The summed E-state index contributed by atoms with van der Waals surface area (Å²) >= 11 is 0. The second-order valence-corrected chi connectivity index (χ2v) is 3.20. The minimum Gasteiger partial charge on any atom is -0.395 e. The molecular weight excluding hydrogens is 190 g/mol. The molecule has 0 aliphatic heterocycles. The maximum atomic E-state index is 8.92. The zero-order valence-corrected chi connectivity index (χ0v) is 8.85. The molecule has 1 aromatic rings. The smallest absolute Gasteiger partial charge is 0.142 e. The highest BCUT2D eigenvalue weighted by atomic mass is 16.3. The molecule has 0 aliphatic carbocycles. The fraction of sp³-hybridized carbons (Fsp3) is 0.455. The molecule has 0 aromatic carbocycles. The molecule has 1 rings (SSSR count). The molecule has 1 heterocycles. The van der Waals surface area contributed by atoms with Crippen LogP contribution in [0.1, 0.15) is 19.0 Å². The number of pyridine rings is 1. The van der Waals surface area contributed by atoms with Crippen molar-refractivity contribution in [1.82, 2.24) is 4.98 Å². The van der Waals surface area contributed by atoms with Crippen LogP contribution >= 0.6 is 0 Å². The Labute approximate surface area is 89.8 Å². The summed E-state index contributed by atoms with van der Waals surface area (Å²) in [7, 11) is 0. The summed E-state index contributed by atoms with van der Waals surface area (Å²) in [5, 5.41) is 17.6. The fourth-order valence-corrected chi connectivity index (χ4v) is 1.39. The Morgan fingerprint density at radius 1 is 1.47 bits per heavy atom. The van der Waals surface area contributed by atoms with Crippen LogP contribution in [-0.2, 0) is 0 Å². The maximum absolute atomic E-state index is 8.92. The Hall–Kier alpha value is -1.60. The van der Waals surface area contributed by atoms with Gasteiger partial charge in [0.25, 0.3) is 0 Å². The number of nitriles is 1. The van der Waals surface area contributed by atoms with Gasteiger partial charge in [0.2, 0.25) is 0 Å². The molecule has 0 atom stereocenters. The number of hydrogen-bond acceptors (Lipinski definition) is 4. The van der Waals surface area contributed by atoms with E-state index in [9.17, 15) is 0 Å². The van der Waals surface area contributed by atoms with E-state index in [0.717, 1.165) is 18.8 Å². The van der Waals surface area contributed by atoms with Gasteiger partial charge in [-0.2, -0.15) is 5.26 Å². The van der Waals surface area contributed by atoms with E-state index in [-0.39, 0.29) is 6.61 Å². The van der Waals surface area contributed by atoms with Crippen LogP contribution in [0.5, 0.6) is 0 Å². The molecule has 4 nitrogen and oxygen atoms in total. The minimum absolute atomic E-state index is 0.0957. The van der Waals surface area contributed by atoms with Crippen LogP contribution in [0.3, 0.4) is 0 Å². The van der Waals surface area contributed by atoms with Crippen molar-refractivity contribution in [3.63, 3.8) is 0 Å². The van der Waals surface area contributed by atoms with Crippen LogP contribution in [0.15, 0.2) is 18.2 Å². The van der Waals surface area contributed by atoms with Crippen molar-refractivity contribution in [2.75, 3.05) is 24.6 Å². The average Bonchev–Trinajstić information content (AvgIpc) is 2.29. The van der Waals surface area contributed by atoms with Crippen LogP contribution in [0.2, 0.25) is 0 Å². The molecule has 0 bridgehead atoms. The number of anilines is 1. The van der Waals surface area contributed by atoms with E-state index in [2.05, 4.69) is 11.9 Å². The first kappa shape index (κ1) is 11.5. The van der Waals surface area contributed by atoms with Crippen LogP contribution in [0.4, 0.5) is 5.82 Å². The minimum atomic E-state index is 0.0957. The predicted molar refractivity (Wildman–Crippen MR) is 58.5 cm³/mol. The van der Waals surface area contributed by atoms with Crippen molar-refractivity contribution < 1.29 is 5.11 Å². The van der Waals surface area contributed by atoms with E-state index in [1.165, 1.54) is 0 Å². The molecule has 0 saturated carbocycles. The summed E-state index contributed by atoms with van der Waals surface area (Å²) in [5.41, 5.74) is 0.409. The standard InChI is InChI=1S/C11H15N3O/c1-2-6-14(7-8-15)11-5-3-4-10(9-12)13-11/h3-5,15H,2,6-8H2,1H3. The fourth-order valence-electron chi connectivity index (χ4n) is 1.39. The normalized spacial score (nSPS) is 9.67. The zero-order chi connectivity index (χ0) is 11.1. The average molecular weight is 205 g/mol. The highest BCUT2D eigenvalue weighted by Gasteiger charge is 2.06. The van der Waals surface area contributed by atoms with Gasteiger partial charge in [-0.1, -0.05) is 13.0 Å². The molecule has 15 heavy (non-hydrogen) atoms. The van der Waals surface area contributed by atoms with Gasteiger partial charge in [-0.3, -0.25) is 0 Å². The van der Waals surface area contributed by atoms with Gasteiger partial charge < -0.3 is 10.0 Å². The molecule has 0 radical (unpaired) electrons. The highest BCUT2D eigenvalue weighted by molar-refractivity contribution is 5.41. The molecule has 0 aliphatic rings. The number of aliphatic hydroxyl groups excluding tert-OH is 1. The molecule has 0 amide bonds. The molecule has 4 heteroatoms. The lowest BCUT2D eigenvalue weighted by atomic mass is 10.3. The first-order valence-corrected chi connectivity index (χ1v) is 5.04. The molecule has 0 spiro atoms. The third-order valence-electron chi connectivity index (χ3n) is 2.04. The first-order chi connectivity index (χ1) is 7.31. The van der Waals surface area contributed by atoms with Crippen molar-refractivity contribution in [3.8, 4) is 6.07 Å². The molecule has 0 saturated heterocycles. The summed E-state index contributed by atoms with van der Waals surface area (Å²) < 4.78 is 0. The second-order valence-electron chi connectivity index (χ2n) is 3.20. The monoisotopic (exact) mass is 205 g/mol. The second kappa shape index (κ2) is 5.99. The van der Waals surface area contributed by atoms with E-state index in [0.29, 0.717) is 12.2 Å². The number of hydrogen-bond donors (Lipinski definition) is 1. The number of aliphatic hydroxyl groups is 1. The summed E-state index contributed by atoms with van der Waals surface area (Å²) in [4.78, 5) is 6.16. The Balaban J connectivity index is 2.85. The molecular formula is C11H15N3O. The Morgan fingerprint density at radius 2 is 2.27 bits per heavy atom. The molecule has 0 unspecified atom stereocenters. The zero-order valence-electron chi connectivity index (χ0n) is 8.85. The Bertz CT molecular complexity index is 340. The summed E-state index contributed by atoms with van der Waals surface area (Å²) in [6.07, 6.45) is 0.985. The number of aromatic nitrogens is 1. The van der Waals surface area contributed by atoms with Crippen LogP contribution in [0, 0.1) is 11.3 Å². The maximum Gasteiger partial charge on any atom is 0.142 e. The number of rotatable bonds is 5. The molecule has 0 fully saturated rings. The van der Waals surface area contributed by atoms with Crippen molar-refractivity contribution >= 4 is 5.82 Å². The summed E-state index contributed by atoms with van der Waals surface area (Å²) in [5.74, 6) is 0.755. The lowest BCUT2D eigenvalue weighted by molar-refractivity contribution is 0.301. The van der Waals surface area contributed by atoms with Crippen LogP contribution < -0.4 is 4.90 Å². The largest absolute Gasteiger partial charge is 0.395 e. The third kappa shape index (κ3) is 3.22. The van der Waals surface area contributed by atoms with Gasteiger partial charge >= 0.3 is 0 Å². The van der Waals surface area contributed by atoms with Gasteiger partial charge in [0.15, 0.2) is 0 Å². The van der Waals surface area contributed by atoms with E-state index in [1.54, 1.807) is 12.1 Å². The van der Waals surface area contributed by atoms with Gasteiger partial charge in [-0.15, -0.1) is 0 Å². The number of nitrogens with zero attached hydrogens (tertiary/aromatic N) is 3.